The number of aromatic amines is 1. The minimum Gasteiger partial charge on any atom is -0.336 e. The van der Waals surface area contributed by atoms with Crippen LogP contribution in [0.5, 0.6) is 0 Å². The molecule has 1 fully saturated rings. The second-order valence-electron chi connectivity index (χ2n) is 5.47. The molecule has 0 aliphatic carbocycles. The Balaban J connectivity index is 1.71. The van der Waals surface area contributed by atoms with Crippen molar-refractivity contribution in [3.05, 3.63) is 51.3 Å². The van der Waals surface area contributed by atoms with Gasteiger partial charge in [-0.2, -0.15) is 4.31 Å². The van der Waals surface area contributed by atoms with E-state index in [0.29, 0.717) is 4.21 Å². The van der Waals surface area contributed by atoms with E-state index in [0.717, 1.165) is 4.88 Å². The Morgan fingerprint density at radius 3 is 2.46 bits per heavy atom. The second kappa shape index (κ2) is 6.50. The molecule has 2 aromatic rings. The van der Waals surface area contributed by atoms with Crippen LogP contribution in [0.15, 0.2) is 39.5 Å². The first-order chi connectivity index (χ1) is 11.4. The third-order valence-corrected chi connectivity index (χ3v) is 7.25. The number of rotatable bonds is 3. The Morgan fingerprint density at radius 2 is 1.88 bits per heavy atom. The van der Waals surface area contributed by atoms with Gasteiger partial charge in [-0.15, -0.1) is 11.3 Å². The van der Waals surface area contributed by atoms with E-state index in [1.54, 1.807) is 18.2 Å². The van der Waals surface area contributed by atoms with E-state index >= 15 is 0 Å². The summed E-state index contributed by atoms with van der Waals surface area (Å²) in [6, 6.07) is 6.45. The molecule has 1 N–H and O–H groups in total. The molecular weight excluding hydrogens is 350 g/mol. The summed E-state index contributed by atoms with van der Waals surface area (Å²) in [7, 11) is -3.52. The van der Waals surface area contributed by atoms with Crippen LogP contribution in [0, 0.1) is 6.92 Å². The van der Waals surface area contributed by atoms with Gasteiger partial charge in [0.05, 0.1) is 0 Å². The lowest BCUT2D eigenvalue weighted by molar-refractivity contribution is 0.0696. The Labute approximate surface area is 143 Å². The van der Waals surface area contributed by atoms with Crippen LogP contribution >= 0.6 is 11.3 Å². The van der Waals surface area contributed by atoms with Gasteiger partial charge in [0.1, 0.15) is 9.77 Å². The predicted octanol–water partition coefficient (Wildman–Crippen LogP) is 0.892. The van der Waals surface area contributed by atoms with Crippen molar-refractivity contribution in [2.75, 3.05) is 26.2 Å². The zero-order valence-electron chi connectivity index (χ0n) is 13.1. The van der Waals surface area contributed by atoms with Gasteiger partial charge in [-0.05, 0) is 31.2 Å². The summed E-state index contributed by atoms with van der Waals surface area (Å²) >= 11 is 1.24. The molecule has 0 atom stereocenters. The number of nitrogens with one attached hydrogen (secondary N) is 1. The molecule has 3 rings (SSSR count). The highest BCUT2D eigenvalue weighted by molar-refractivity contribution is 7.91. The van der Waals surface area contributed by atoms with E-state index in [4.69, 9.17) is 0 Å². The quantitative estimate of drug-likeness (QED) is 0.872. The lowest BCUT2D eigenvalue weighted by Gasteiger charge is -2.33. The summed E-state index contributed by atoms with van der Waals surface area (Å²) in [6.45, 7) is 2.82. The van der Waals surface area contributed by atoms with Gasteiger partial charge in [0.2, 0.25) is 0 Å². The maximum absolute atomic E-state index is 12.6. The normalized spacial score (nSPS) is 16.3. The molecule has 0 bridgehead atoms. The molecule has 0 saturated carbocycles. The zero-order valence-corrected chi connectivity index (χ0v) is 14.7. The molecule has 2 aromatic heterocycles. The van der Waals surface area contributed by atoms with Crippen LogP contribution in [0.4, 0.5) is 0 Å². The maximum atomic E-state index is 12.6. The Morgan fingerprint density at radius 1 is 1.17 bits per heavy atom. The van der Waals surface area contributed by atoms with Crippen LogP contribution in [0.1, 0.15) is 15.2 Å². The molecule has 0 spiro atoms. The van der Waals surface area contributed by atoms with Crippen LogP contribution in [0.25, 0.3) is 0 Å². The number of thiophene rings is 1. The van der Waals surface area contributed by atoms with Gasteiger partial charge in [0, 0.05) is 37.3 Å². The maximum Gasteiger partial charge on any atom is 0.260 e. The molecule has 128 valence electrons. The number of H-pyrrole nitrogens is 1. The van der Waals surface area contributed by atoms with E-state index in [1.807, 2.05) is 6.92 Å². The molecule has 0 aromatic carbocycles. The molecule has 1 aliphatic heterocycles. The van der Waals surface area contributed by atoms with Crippen LogP contribution in [-0.4, -0.2) is 54.7 Å². The van der Waals surface area contributed by atoms with Crippen molar-refractivity contribution in [1.29, 1.82) is 0 Å². The minimum absolute atomic E-state index is 0.0719. The van der Waals surface area contributed by atoms with Crippen molar-refractivity contribution >= 4 is 27.3 Å². The van der Waals surface area contributed by atoms with Gasteiger partial charge in [-0.3, -0.25) is 9.59 Å². The number of aryl methyl sites for hydroxylation is 1. The van der Waals surface area contributed by atoms with Crippen LogP contribution in [0.3, 0.4) is 0 Å². The van der Waals surface area contributed by atoms with Gasteiger partial charge in [-0.1, -0.05) is 0 Å². The first-order valence-electron chi connectivity index (χ1n) is 7.43. The third kappa shape index (κ3) is 3.14. The summed E-state index contributed by atoms with van der Waals surface area (Å²) < 4.78 is 26.9. The largest absolute Gasteiger partial charge is 0.336 e. The summed E-state index contributed by atoms with van der Waals surface area (Å²) in [5, 5.41) is 0. The highest BCUT2D eigenvalue weighted by Gasteiger charge is 2.31. The first kappa shape index (κ1) is 16.9. The van der Waals surface area contributed by atoms with Crippen molar-refractivity contribution < 1.29 is 13.2 Å². The third-order valence-electron chi connectivity index (χ3n) is 3.88. The monoisotopic (exact) mass is 367 g/mol. The molecule has 1 amide bonds. The molecule has 24 heavy (non-hydrogen) atoms. The average molecular weight is 367 g/mol. The number of amides is 1. The summed E-state index contributed by atoms with van der Waals surface area (Å²) in [5.74, 6) is -0.374. The Hall–Kier alpha value is -1.97. The Kier molecular flexibility index (Phi) is 4.57. The van der Waals surface area contributed by atoms with Crippen LogP contribution < -0.4 is 5.56 Å². The zero-order chi connectivity index (χ0) is 17.3. The van der Waals surface area contributed by atoms with Gasteiger partial charge in [-0.25, -0.2) is 8.42 Å². The molecule has 7 nitrogen and oxygen atoms in total. The van der Waals surface area contributed by atoms with E-state index in [9.17, 15) is 18.0 Å². The first-order valence-corrected chi connectivity index (χ1v) is 9.69. The summed E-state index contributed by atoms with van der Waals surface area (Å²) in [4.78, 5) is 29.0. The number of carbonyl (C=O) groups is 1. The fourth-order valence-corrected chi connectivity index (χ4v) is 5.43. The van der Waals surface area contributed by atoms with Crippen molar-refractivity contribution in [3.63, 3.8) is 0 Å². The number of carbonyl (C=O) groups excluding carboxylic acids is 1. The summed E-state index contributed by atoms with van der Waals surface area (Å²) in [5.41, 5.74) is -0.366. The second-order valence-corrected chi connectivity index (χ2v) is 8.93. The van der Waals surface area contributed by atoms with Crippen molar-refractivity contribution in [2.24, 2.45) is 0 Å². The molecule has 1 aliphatic rings. The van der Waals surface area contributed by atoms with Crippen LogP contribution in [-0.2, 0) is 10.0 Å². The Bertz CT molecular complexity index is 909. The van der Waals surface area contributed by atoms with Gasteiger partial charge in [0.15, 0.2) is 0 Å². The van der Waals surface area contributed by atoms with Gasteiger partial charge < -0.3 is 9.88 Å². The van der Waals surface area contributed by atoms with Gasteiger partial charge in [0.25, 0.3) is 21.5 Å². The highest BCUT2D eigenvalue weighted by Crippen LogP contribution is 2.25. The number of piperazine rings is 1. The van der Waals surface area contributed by atoms with Crippen molar-refractivity contribution in [3.8, 4) is 0 Å². The molecule has 9 heteroatoms. The van der Waals surface area contributed by atoms with Gasteiger partial charge >= 0.3 is 0 Å². The number of hydrogen-bond acceptors (Lipinski definition) is 5. The number of nitrogens with zero attached hydrogens (tertiary/aromatic N) is 2. The van der Waals surface area contributed by atoms with E-state index in [1.165, 1.54) is 32.8 Å². The van der Waals surface area contributed by atoms with Crippen molar-refractivity contribution in [2.45, 2.75) is 11.1 Å². The SMILES string of the molecule is Cc1ccc(S(=O)(=O)N2CCN(C(=O)c3ccc[nH]c3=O)CC2)s1. The average Bonchev–Trinajstić information content (AvgIpc) is 3.02. The number of hydrogen-bond donors (Lipinski definition) is 1. The molecule has 1 saturated heterocycles. The van der Waals surface area contributed by atoms with E-state index in [2.05, 4.69) is 4.98 Å². The van der Waals surface area contributed by atoms with Crippen molar-refractivity contribution in [1.82, 2.24) is 14.2 Å². The summed E-state index contributed by atoms with van der Waals surface area (Å²) in [6.07, 6.45) is 1.46. The number of aromatic nitrogens is 1. The van der Waals surface area contributed by atoms with Crippen LogP contribution in [0.2, 0.25) is 0 Å². The minimum atomic E-state index is -3.52. The fraction of sp³-hybridized carbons (Fsp3) is 0.333. The smallest absolute Gasteiger partial charge is 0.260 e. The predicted molar refractivity (Wildman–Crippen MR) is 90.8 cm³/mol. The number of pyridine rings is 1. The standard InChI is InChI=1S/C15H17N3O4S2/c1-11-4-5-13(23-11)24(21,22)18-9-7-17(8-10-18)15(20)12-3-2-6-16-14(12)19/h2-6H,7-10H2,1H3,(H,16,19). The lowest BCUT2D eigenvalue weighted by Crippen LogP contribution is -2.51. The molecular formula is C15H17N3O4S2. The molecule has 0 radical (unpaired) electrons. The molecule has 0 unspecified atom stereocenters. The lowest BCUT2D eigenvalue weighted by atomic mass is 10.2. The fourth-order valence-electron chi connectivity index (χ4n) is 2.57. The molecule has 3 heterocycles. The van der Waals surface area contributed by atoms with E-state index in [-0.39, 0.29) is 37.6 Å². The number of sulfonamides is 1. The highest BCUT2D eigenvalue weighted by atomic mass is 32.2. The van der Waals surface area contributed by atoms with E-state index < -0.39 is 15.6 Å². The topological polar surface area (TPSA) is 90.6 Å².